The van der Waals surface area contributed by atoms with Crippen LogP contribution in [0.4, 0.5) is 5.69 Å². The normalized spacial score (nSPS) is 11.8. The van der Waals surface area contributed by atoms with Crippen LogP contribution in [0.15, 0.2) is 67.3 Å². The van der Waals surface area contributed by atoms with Crippen LogP contribution in [-0.4, -0.2) is 52.1 Å². The summed E-state index contributed by atoms with van der Waals surface area (Å²) in [5.74, 6) is -1.40. The van der Waals surface area contributed by atoms with Gasteiger partial charge in [0.15, 0.2) is 0 Å². The highest BCUT2D eigenvalue weighted by Gasteiger charge is 2.18. The second-order valence-electron chi connectivity index (χ2n) is 6.47. The van der Waals surface area contributed by atoms with Crippen molar-refractivity contribution in [2.45, 2.75) is 6.04 Å². The van der Waals surface area contributed by atoms with Gasteiger partial charge in [-0.05, 0) is 37.9 Å². The van der Waals surface area contributed by atoms with Crippen LogP contribution in [-0.2, 0) is 9.59 Å². The first-order valence-electron chi connectivity index (χ1n) is 8.80. The van der Waals surface area contributed by atoms with Crippen molar-refractivity contribution >= 4 is 17.5 Å². The van der Waals surface area contributed by atoms with Gasteiger partial charge >= 0.3 is 11.8 Å². The molecule has 0 spiro atoms. The highest BCUT2D eigenvalue weighted by Crippen LogP contribution is 2.17. The van der Waals surface area contributed by atoms with Gasteiger partial charge in [0.1, 0.15) is 12.7 Å². The predicted octanol–water partition coefficient (Wildman–Crippen LogP) is 1.62. The minimum absolute atomic E-state index is 0.0324. The number of benzene rings is 2. The maximum absolute atomic E-state index is 12.3. The first-order chi connectivity index (χ1) is 13.5. The molecule has 2 N–H and O–H groups in total. The predicted molar refractivity (Wildman–Crippen MR) is 106 cm³/mol. The molecule has 3 rings (SSSR count). The SMILES string of the molecule is CN(C)[C@H](CNC(=O)C(=O)Nc1cccc(-n2cnnc2)c1)c1ccccc1. The highest BCUT2D eigenvalue weighted by molar-refractivity contribution is 6.39. The van der Waals surface area contributed by atoms with Crippen LogP contribution in [0.2, 0.25) is 0 Å². The van der Waals surface area contributed by atoms with Crippen LogP contribution in [0.1, 0.15) is 11.6 Å². The molecule has 8 heteroatoms. The van der Waals surface area contributed by atoms with Gasteiger partial charge in [0, 0.05) is 12.2 Å². The van der Waals surface area contributed by atoms with Crippen molar-refractivity contribution in [1.82, 2.24) is 25.0 Å². The molecule has 1 aromatic heterocycles. The van der Waals surface area contributed by atoms with Crippen molar-refractivity contribution in [1.29, 1.82) is 0 Å². The fourth-order valence-corrected chi connectivity index (χ4v) is 2.81. The molecule has 144 valence electrons. The fraction of sp³-hybridized carbons (Fsp3) is 0.200. The van der Waals surface area contributed by atoms with E-state index < -0.39 is 11.8 Å². The molecular formula is C20H22N6O2. The van der Waals surface area contributed by atoms with Gasteiger partial charge < -0.3 is 15.5 Å². The van der Waals surface area contributed by atoms with Crippen LogP contribution in [0.5, 0.6) is 0 Å². The number of nitrogens with one attached hydrogen (secondary N) is 2. The molecule has 2 amide bonds. The molecule has 0 aliphatic rings. The smallest absolute Gasteiger partial charge is 0.313 e. The number of carbonyl (C=O) groups is 2. The van der Waals surface area contributed by atoms with Crippen molar-refractivity contribution in [3.63, 3.8) is 0 Å². The van der Waals surface area contributed by atoms with Crippen molar-refractivity contribution in [3.8, 4) is 5.69 Å². The van der Waals surface area contributed by atoms with Crippen molar-refractivity contribution < 1.29 is 9.59 Å². The van der Waals surface area contributed by atoms with Gasteiger partial charge in [0.25, 0.3) is 0 Å². The Kier molecular flexibility index (Phi) is 6.13. The Hall–Kier alpha value is -3.52. The van der Waals surface area contributed by atoms with E-state index in [9.17, 15) is 9.59 Å². The van der Waals surface area contributed by atoms with Crippen molar-refractivity contribution in [2.75, 3.05) is 26.0 Å². The molecule has 2 aromatic carbocycles. The summed E-state index contributed by atoms with van der Waals surface area (Å²) in [4.78, 5) is 26.5. The molecule has 3 aromatic rings. The summed E-state index contributed by atoms with van der Waals surface area (Å²) in [6.07, 6.45) is 3.11. The number of hydrogen-bond donors (Lipinski definition) is 2. The lowest BCUT2D eigenvalue weighted by molar-refractivity contribution is -0.136. The number of rotatable bonds is 6. The lowest BCUT2D eigenvalue weighted by Crippen LogP contribution is -2.40. The number of hydrogen-bond acceptors (Lipinski definition) is 5. The molecule has 28 heavy (non-hydrogen) atoms. The van der Waals surface area contributed by atoms with Crippen LogP contribution in [0.3, 0.4) is 0 Å². The summed E-state index contributed by atoms with van der Waals surface area (Å²) >= 11 is 0. The largest absolute Gasteiger partial charge is 0.346 e. The van der Waals surface area contributed by atoms with Gasteiger partial charge in [-0.2, -0.15) is 0 Å². The number of amides is 2. The summed E-state index contributed by atoms with van der Waals surface area (Å²) in [6.45, 7) is 0.323. The Morgan fingerprint density at radius 3 is 2.39 bits per heavy atom. The summed E-state index contributed by atoms with van der Waals surface area (Å²) < 4.78 is 1.71. The van der Waals surface area contributed by atoms with Gasteiger partial charge in [-0.1, -0.05) is 36.4 Å². The Balaban J connectivity index is 1.60. The van der Waals surface area contributed by atoms with Crippen LogP contribution in [0.25, 0.3) is 5.69 Å². The standard InChI is InChI=1S/C20H22N6O2/c1-25(2)18(15-7-4-3-5-8-15)12-21-19(27)20(28)24-16-9-6-10-17(11-16)26-13-22-23-14-26/h3-11,13-14,18H,12H2,1-2H3,(H,21,27)(H,24,28)/t18-/m1/s1. The van der Waals surface area contributed by atoms with E-state index in [0.29, 0.717) is 12.2 Å². The zero-order chi connectivity index (χ0) is 19.9. The number of anilines is 1. The number of carbonyl (C=O) groups excluding carboxylic acids is 2. The van der Waals surface area contributed by atoms with E-state index in [-0.39, 0.29) is 6.04 Å². The van der Waals surface area contributed by atoms with E-state index in [0.717, 1.165) is 11.3 Å². The van der Waals surface area contributed by atoms with Crippen LogP contribution in [0, 0.1) is 0 Å². The molecule has 0 aliphatic heterocycles. The Bertz CT molecular complexity index is 925. The molecule has 0 saturated carbocycles. The van der Waals surface area contributed by atoms with Gasteiger partial charge in [-0.25, -0.2) is 0 Å². The number of nitrogens with zero attached hydrogens (tertiary/aromatic N) is 4. The Labute approximate surface area is 163 Å². The van der Waals surface area contributed by atoms with Gasteiger partial charge in [-0.15, -0.1) is 10.2 Å². The number of aromatic nitrogens is 3. The Morgan fingerprint density at radius 2 is 1.71 bits per heavy atom. The molecule has 0 radical (unpaired) electrons. The van der Waals surface area contributed by atoms with Crippen LogP contribution >= 0.6 is 0 Å². The molecule has 0 bridgehead atoms. The summed E-state index contributed by atoms with van der Waals surface area (Å²) in [5, 5.41) is 12.8. The van der Waals surface area contributed by atoms with Gasteiger partial charge in [0.05, 0.1) is 11.7 Å². The zero-order valence-electron chi connectivity index (χ0n) is 15.7. The maximum Gasteiger partial charge on any atom is 0.313 e. The average Bonchev–Trinajstić information content (AvgIpc) is 3.23. The first-order valence-corrected chi connectivity index (χ1v) is 8.80. The van der Waals surface area contributed by atoms with E-state index in [4.69, 9.17) is 0 Å². The van der Waals surface area contributed by atoms with Gasteiger partial charge in [0.2, 0.25) is 0 Å². The Morgan fingerprint density at radius 1 is 1.00 bits per heavy atom. The first kappa shape index (κ1) is 19.2. The third kappa shape index (κ3) is 4.80. The van der Waals surface area contributed by atoms with Gasteiger partial charge in [-0.3, -0.25) is 14.2 Å². The lowest BCUT2D eigenvalue weighted by Gasteiger charge is -2.25. The highest BCUT2D eigenvalue weighted by atomic mass is 16.2. The quantitative estimate of drug-likeness (QED) is 0.636. The summed E-state index contributed by atoms with van der Waals surface area (Å²) in [7, 11) is 3.86. The zero-order valence-corrected chi connectivity index (χ0v) is 15.7. The summed E-state index contributed by atoms with van der Waals surface area (Å²) in [6, 6.07) is 16.9. The maximum atomic E-state index is 12.3. The molecule has 1 heterocycles. The molecule has 8 nitrogen and oxygen atoms in total. The topological polar surface area (TPSA) is 92.2 Å². The molecule has 0 fully saturated rings. The number of likely N-dealkylation sites (N-methyl/N-ethyl adjacent to an activating group) is 1. The van der Waals surface area contributed by atoms with E-state index in [2.05, 4.69) is 20.8 Å². The van der Waals surface area contributed by atoms with E-state index in [1.54, 1.807) is 35.4 Å². The molecular weight excluding hydrogens is 356 g/mol. The molecule has 0 saturated heterocycles. The monoisotopic (exact) mass is 378 g/mol. The van der Waals surface area contributed by atoms with E-state index in [1.807, 2.05) is 55.4 Å². The second kappa shape index (κ2) is 8.92. The lowest BCUT2D eigenvalue weighted by atomic mass is 10.1. The van der Waals surface area contributed by atoms with Crippen molar-refractivity contribution in [2.24, 2.45) is 0 Å². The minimum Gasteiger partial charge on any atom is -0.346 e. The van der Waals surface area contributed by atoms with E-state index >= 15 is 0 Å². The fourth-order valence-electron chi connectivity index (χ4n) is 2.81. The van der Waals surface area contributed by atoms with Crippen molar-refractivity contribution in [3.05, 3.63) is 72.8 Å². The third-order valence-corrected chi connectivity index (χ3v) is 4.29. The average molecular weight is 378 g/mol. The molecule has 0 unspecified atom stereocenters. The molecule has 0 aliphatic carbocycles. The minimum atomic E-state index is -0.716. The van der Waals surface area contributed by atoms with E-state index in [1.165, 1.54) is 0 Å². The molecule has 1 atom stereocenters. The summed E-state index contributed by atoms with van der Waals surface area (Å²) in [5.41, 5.74) is 2.35. The second-order valence-corrected chi connectivity index (χ2v) is 6.47. The van der Waals surface area contributed by atoms with Crippen LogP contribution < -0.4 is 10.6 Å². The third-order valence-electron chi connectivity index (χ3n) is 4.29.